The van der Waals surface area contributed by atoms with Gasteiger partial charge in [-0.15, -0.1) is 0 Å². The Kier molecular flexibility index (Phi) is 6.45. The van der Waals surface area contributed by atoms with E-state index in [-0.39, 0.29) is 17.5 Å². The Labute approximate surface area is 196 Å². The summed E-state index contributed by atoms with van der Waals surface area (Å²) >= 11 is 0. The van der Waals surface area contributed by atoms with Crippen LogP contribution in [-0.4, -0.2) is 90.8 Å². The third-order valence-electron chi connectivity index (χ3n) is 8.15. The van der Waals surface area contributed by atoms with Crippen LogP contribution in [-0.2, 0) is 10.2 Å². The van der Waals surface area contributed by atoms with Crippen LogP contribution in [0.1, 0.15) is 51.0 Å². The Morgan fingerprint density at radius 2 is 1.79 bits per heavy atom. The fourth-order valence-corrected chi connectivity index (χ4v) is 6.20. The molecule has 0 saturated carbocycles. The van der Waals surface area contributed by atoms with Crippen molar-refractivity contribution in [1.29, 1.82) is 0 Å². The molecular weight excluding hydrogens is 418 g/mol. The highest BCUT2D eigenvalue weighted by Gasteiger charge is 2.48. The van der Waals surface area contributed by atoms with Gasteiger partial charge in [0.05, 0.1) is 6.61 Å². The van der Waals surface area contributed by atoms with Crippen LogP contribution in [0.4, 0.5) is 15.4 Å². The second-order valence-electron chi connectivity index (χ2n) is 10.1. The zero-order chi connectivity index (χ0) is 22.8. The van der Waals surface area contributed by atoms with Crippen molar-refractivity contribution in [3.8, 4) is 0 Å². The standard InChI is InChI=1S/C25H37N5O3/c1-2-33-24(32)29-14-7-20(8-15-29)18-27-16-9-25(10-17-27)19-30(22-21(25)6-5-11-26-22)23(31)28-12-3-4-13-28/h5-6,11,20H,2-4,7-10,12-19H2,1H3. The van der Waals surface area contributed by atoms with Gasteiger partial charge in [-0.25, -0.2) is 14.6 Å². The molecule has 0 aromatic carbocycles. The summed E-state index contributed by atoms with van der Waals surface area (Å²) in [7, 11) is 0. The number of fused-ring (bicyclic) bond motifs is 2. The maximum atomic E-state index is 13.2. The number of nitrogens with zero attached hydrogens (tertiary/aromatic N) is 5. The molecule has 1 aromatic heterocycles. The van der Waals surface area contributed by atoms with Gasteiger partial charge in [-0.3, -0.25) is 4.90 Å². The van der Waals surface area contributed by atoms with Gasteiger partial charge in [-0.1, -0.05) is 6.07 Å². The van der Waals surface area contributed by atoms with E-state index in [4.69, 9.17) is 4.74 Å². The molecular formula is C25H37N5O3. The van der Waals surface area contributed by atoms with Crippen LogP contribution in [0.3, 0.4) is 0 Å². The number of anilines is 1. The van der Waals surface area contributed by atoms with E-state index in [1.54, 1.807) is 0 Å². The van der Waals surface area contributed by atoms with Gasteiger partial charge < -0.3 is 19.4 Å². The molecule has 3 saturated heterocycles. The first-order valence-corrected chi connectivity index (χ1v) is 12.8. The second kappa shape index (κ2) is 9.49. The van der Waals surface area contributed by atoms with Crippen LogP contribution in [0.25, 0.3) is 0 Å². The third-order valence-corrected chi connectivity index (χ3v) is 8.15. The van der Waals surface area contributed by atoms with Crippen molar-refractivity contribution < 1.29 is 14.3 Å². The number of likely N-dealkylation sites (tertiary alicyclic amines) is 3. The predicted octanol–water partition coefficient (Wildman–Crippen LogP) is 3.32. The largest absolute Gasteiger partial charge is 0.450 e. The summed E-state index contributed by atoms with van der Waals surface area (Å²) in [6.45, 7) is 9.60. The molecule has 8 nitrogen and oxygen atoms in total. The Hall–Kier alpha value is -2.35. The number of carbonyl (C=O) groups excluding carboxylic acids is 2. The van der Waals surface area contributed by atoms with Gasteiger partial charge in [0.2, 0.25) is 0 Å². The number of rotatable bonds is 3. The van der Waals surface area contributed by atoms with E-state index in [0.717, 1.165) is 96.7 Å². The number of piperidine rings is 2. The number of amides is 3. The maximum absolute atomic E-state index is 13.2. The van der Waals surface area contributed by atoms with Crippen LogP contribution < -0.4 is 4.90 Å². The van der Waals surface area contributed by atoms with Gasteiger partial charge in [-0.05, 0) is 70.5 Å². The molecule has 4 aliphatic heterocycles. The summed E-state index contributed by atoms with van der Waals surface area (Å²) in [5.41, 5.74) is 1.29. The SMILES string of the molecule is CCOC(=O)N1CCC(CN2CCC3(CC2)CN(C(=O)N2CCCC2)c2ncccc23)CC1. The van der Waals surface area contributed by atoms with E-state index >= 15 is 0 Å². The van der Waals surface area contributed by atoms with E-state index in [9.17, 15) is 9.59 Å². The van der Waals surface area contributed by atoms with Gasteiger partial charge in [0.25, 0.3) is 0 Å². The summed E-state index contributed by atoms with van der Waals surface area (Å²) < 4.78 is 5.15. The molecule has 0 unspecified atom stereocenters. The molecule has 0 N–H and O–H groups in total. The van der Waals surface area contributed by atoms with Gasteiger partial charge in [-0.2, -0.15) is 0 Å². The van der Waals surface area contributed by atoms with E-state index in [2.05, 4.69) is 16.0 Å². The van der Waals surface area contributed by atoms with E-state index in [1.165, 1.54) is 5.56 Å². The van der Waals surface area contributed by atoms with Crippen molar-refractivity contribution >= 4 is 17.9 Å². The molecule has 5 heterocycles. The first-order valence-electron chi connectivity index (χ1n) is 12.8. The zero-order valence-electron chi connectivity index (χ0n) is 19.9. The van der Waals surface area contributed by atoms with Gasteiger partial charge in [0, 0.05) is 56.4 Å². The van der Waals surface area contributed by atoms with Crippen molar-refractivity contribution in [3.05, 3.63) is 23.9 Å². The van der Waals surface area contributed by atoms with Crippen LogP contribution in [0.15, 0.2) is 18.3 Å². The molecule has 1 spiro atoms. The summed E-state index contributed by atoms with van der Waals surface area (Å²) in [6.07, 6.45) is 8.09. The zero-order valence-corrected chi connectivity index (χ0v) is 19.9. The highest BCUT2D eigenvalue weighted by atomic mass is 16.6. The van der Waals surface area contributed by atoms with E-state index < -0.39 is 0 Å². The van der Waals surface area contributed by atoms with Crippen molar-refractivity contribution in [2.45, 2.75) is 50.9 Å². The Morgan fingerprint density at radius 1 is 1.06 bits per heavy atom. The molecule has 0 bridgehead atoms. The van der Waals surface area contributed by atoms with Crippen LogP contribution >= 0.6 is 0 Å². The van der Waals surface area contributed by atoms with Crippen LogP contribution in [0.2, 0.25) is 0 Å². The number of aromatic nitrogens is 1. The lowest BCUT2D eigenvalue weighted by Crippen LogP contribution is -2.49. The highest BCUT2D eigenvalue weighted by Crippen LogP contribution is 2.46. The Morgan fingerprint density at radius 3 is 2.48 bits per heavy atom. The first kappa shape index (κ1) is 22.4. The summed E-state index contributed by atoms with van der Waals surface area (Å²) in [5, 5.41) is 0. The third kappa shape index (κ3) is 4.42. The normalized spacial score (nSPS) is 23.2. The molecule has 4 aliphatic rings. The van der Waals surface area contributed by atoms with E-state index in [0.29, 0.717) is 12.5 Å². The average molecular weight is 456 g/mol. The van der Waals surface area contributed by atoms with Crippen LogP contribution in [0, 0.1) is 5.92 Å². The monoisotopic (exact) mass is 455 g/mol. The topological polar surface area (TPSA) is 69.2 Å². The number of hydrogen-bond donors (Lipinski definition) is 0. The lowest BCUT2D eigenvalue weighted by molar-refractivity contribution is 0.0798. The minimum Gasteiger partial charge on any atom is -0.450 e. The quantitative estimate of drug-likeness (QED) is 0.699. The first-order chi connectivity index (χ1) is 16.1. The number of pyridine rings is 1. The number of urea groups is 1. The summed E-state index contributed by atoms with van der Waals surface area (Å²) in [4.78, 5) is 38.2. The summed E-state index contributed by atoms with van der Waals surface area (Å²) in [6, 6.07) is 4.36. The van der Waals surface area contributed by atoms with Crippen LogP contribution in [0.5, 0.6) is 0 Å². The smallest absolute Gasteiger partial charge is 0.409 e. The van der Waals surface area contributed by atoms with Gasteiger partial charge in [0.1, 0.15) is 5.82 Å². The molecule has 3 amide bonds. The number of carbonyl (C=O) groups is 2. The van der Waals surface area contributed by atoms with Gasteiger partial charge in [0.15, 0.2) is 0 Å². The fraction of sp³-hybridized carbons (Fsp3) is 0.720. The lowest BCUT2D eigenvalue weighted by atomic mass is 9.74. The van der Waals surface area contributed by atoms with Gasteiger partial charge >= 0.3 is 12.1 Å². The molecule has 0 radical (unpaired) electrons. The lowest BCUT2D eigenvalue weighted by Gasteiger charge is -2.42. The molecule has 3 fully saturated rings. The molecule has 1 aromatic rings. The molecule has 5 rings (SSSR count). The van der Waals surface area contributed by atoms with Crippen molar-refractivity contribution in [2.24, 2.45) is 5.92 Å². The second-order valence-corrected chi connectivity index (χ2v) is 10.1. The Balaban J connectivity index is 1.18. The number of ether oxygens (including phenoxy) is 1. The van der Waals surface area contributed by atoms with Crippen molar-refractivity contribution in [2.75, 3.05) is 63.9 Å². The molecule has 0 atom stereocenters. The molecule has 8 heteroatoms. The van der Waals surface area contributed by atoms with Crippen molar-refractivity contribution in [1.82, 2.24) is 19.7 Å². The Bertz CT molecular complexity index is 855. The van der Waals surface area contributed by atoms with Crippen molar-refractivity contribution in [3.63, 3.8) is 0 Å². The number of hydrogen-bond acceptors (Lipinski definition) is 5. The molecule has 0 aliphatic carbocycles. The average Bonchev–Trinajstić information content (AvgIpc) is 3.49. The fourth-order valence-electron chi connectivity index (χ4n) is 6.20. The maximum Gasteiger partial charge on any atom is 0.409 e. The molecule has 180 valence electrons. The minimum atomic E-state index is -0.169. The highest BCUT2D eigenvalue weighted by molar-refractivity contribution is 5.94. The van der Waals surface area contributed by atoms with E-state index in [1.807, 2.05) is 33.9 Å². The molecule has 33 heavy (non-hydrogen) atoms. The summed E-state index contributed by atoms with van der Waals surface area (Å²) in [5.74, 6) is 1.52. The minimum absolute atomic E-state index is 0.0305. The predicted molar refractivity (Wildman–Crippen MR) is 126 cm³/mol.